The maximum atomic E-state index is 9.37. The molecule has 0 bridgehead atoms. The molecule has 0 aliphatic rings. The number of aryl methyl sites for hydroxylation is 1. The van der Waals surface area contributed by atoms with Gasteiger partial charge >= 0.3 is 0 Å². The zero-order chi connectivity index (χ0) is 8.55. The molecule has 3 nitrogen and oxygen atoms in total. The van der Waals surface area contributed by atoms with E-state index in [0.717, 1.165) is 16.5 Å². The van der Waals surface area contributed by atoms with Crippen LogP contribution in [0.3, 0.4) is 0 Å². The van der Waals surface area contributed by atoms with Crippen LogP contribution in [0.2, 0.25) is 0 Å². The van der Waals surface area contributed by atoms with Gasteiger partial charge in [0.25, 0.3) is 0 Å². The second kappa shape index (κ2) is 2.44. The van der Waals surface area contributed by atoms with E-state index >= 15 is 0 Å². The van der Waals surface area contributed by atoms with E-state index in [4.69, 9.17) is 0 Å². The third kappa shape index (κ3) is 0.993. The first-order valence-electron chi connectivity index (χ1n) is 3.68. The van der Waals surface area contributed by atoms with Gasteiger partial charge in [-0.15, -0.1) is 0 Å². The summed E-state index contributed by atoms with van der Waals surface area (Å²) in [7, 11) is 0. The molecule has 3 heteroatoms. The molecule has 1 heterocycles. The van der Waals surface area contributed by atoms with Gasteiger partial charge in [0.1, 0.15) is 5.75 Å². The summed E-state index contributed by atoms with van der Waals surface area (Å²) in [6.07, 6.45) is 1.61. The van der Waals surface area contributed by atoms with E-state index in [1.807, 2.05) is 19.1 Å². The number of benzene rings is 1. The van der Waals surface area contributed by atoms with Crippen LogP contribution in [0.25, 0.3) is 10.9 Å². The van der Waals surface area contributed by atoms with Crippen LogP contribution in [0.15, 0.2) is 24.4 Å². The minimum absolute atomic E-state index is 0.301. The zero-order valence-electron chi connectivity index (χ0n) is 6.65. The van der Waals surface area contributed by atoms with E-state index in [1.54, 1.807) is 12.3 Å². The summed E-state index contributed by atoms with van der Waals surface area (Å²) in [6, 6.07) is 5.33. The average Bonchev–Trinajstić information content (AvgIpc) is 2.07. The Kier molecular flexibility index (Phi) is 1.43. The van der Waals surface area contributed by atoms with Crippen LogP contribution in [-0.2, 0) is 0 Å². The van der Waals surface area contributed by atoms with Crippen molar-refractivity contribution in [2.24, 2.45) is 0 Å². The fourth-order valence-corrected chi connectivity index (χ4v) is 1.13. The third-order valence-corrected chi connectivity index (χ3v) is 1.83. The van der Waals surface area contributed by atoms with Gasteiger partial charge in [0.2, 0.25) is 0 Å². The van der Waals surface area contributed by atoms with Gasteiger partial charge in [0.05, 0.1) is 11.7 Å². The second-order valence-electron chi connectivity index (χ2n) is 2.73. The first-order chi connectivity index (χ1) is 5.77. The van der Waals surface area contributed by atoms with Crippen molar-refractivity contribution in [1.29, 1.82) is 0 Å². The number of phenolic OH excluding ortho intramolecular Hbond substituents is 1. The Balaban J connectivity index is 2.84. The molecule has 0 radical (unpaired) electrons. The smallest absolute Gasteiger partial charge is 0.119 e. The van der Waals surface area contributed by atoms with Crippen LogP contribution >= 0.6 is 0 Å². The van der Waals surface area contributed by atoms with E-state index in [2.05, 4.69) is 10.2 Å². The largest absolute Gasteiger partial charge is 0.508 e. The lowest BCUT2D eigenvalue weighted by Gasteiger charge is -1.99. The average molecular weight is 160 g/mol. The highest BCUT2D eigenvalue weighted by Gasteiger charge is 1.99. The molecule has 0 saturated carbocycles. The van der Waals surface area contributed by atoms with Crippen LogP contribution in [0, 0.1) is 6.92 Å². The Labute approximate surface area is 69.7 Å². The van der Waals surface area contributed by atoms with Crippen LogP contribution in [0.1, 0.15) is 5.56 Å². The minimum atomic E-state index is 0.301. The molecule has 2 rings (SSSR count). The van der Waals surface area contributed by atoms with Gasteiger partial charge in [0.15, 0.2) is 0 Å². The molecule has 0 spiro atoms. The molecule has 0 aliphatic heterocycles. The van der Waals surface area contributed by atoms with Crippen LogP contribution < -0.4 is 0 Å². The maximum absolute atomic E-state index is 9.37. The highest BCUT2D eigenvalue weighted by Crippen LogP contribution is 2.21. The summed E-state index contributed by atoms with van der Waals surface area (Å²) < 4.78 is 0. The molecule has 1 N–H and O–H groups in total. The molecule has 0 amide bonds. The standard InChI is InChI=1S/C9H8N2O/c1-6-4-8-7(5-9(6)12)2-3-10-11-8/h2-5,12H,1H3. The zero-order valence-corrected chi connectivity index (χ0v) is 6.65. The number of nitrogens with zero attached hydrogens (tertiary/aromatic N) is 2. The van der Waals surface area contributed by atoms with E-state index < -0.39 is 0 Å². The molecule has 0 saturated heterocycles. The van der Waals surface area contributed by atoms with E-state index in [1.165, 1.54) is 0 Å². The molecular weight excluding hydrogens is 152 g/mol. The summed E-state index contributed by atoms with van der Waals surface area (Å²) in [5.41, 5.74) is 1.64. The molecule has 12 heavy (non-hydrogen) atoms. The van der Waals surface area contributed by atoms with Gasteiger partial charge in [-0.05, 0) is 30.7 Å². The van der Waals surface area contributed by atoms with Crippen molar-refractivity contribution in [3.63, 3.8) is 0 Å². The highest BCUT2D eigenvalue weighted by molar-refractivity contribution is 5.80. The Hall–Kier alpha value is -1.64. The minimum Gasteiger partial charge on any atom is -0.508 e. The predicted molar refractivity (Wildman–Crippen MR) is 45.9 cm³/mol. The van der Waals surface area contributed by atoms with Crippen molar-refractivity contribution in [3.05, 3.63) is 30.0 Å². The SMILES string of the molecule is Cc1cc2nnccc2cc1O. The summed E-state index contributed by atoms with van der Waals surface area (Å²) in [4.78, 5) is 0. The van der Waals surface area contributed by atoms with Gasteiger partial charge < -0.3 is 5.11 Å². The van der Waals surface area contributed by atoms with Gasteiger partial charge in [-0.2, -0.15) is 10.2 Å². The first-order valence-corrected chi connectivity index (χ1v) is 3.68. The number of aromatic nitrogens is 2. The molecule has 0 atom stereocenters. The monoisotopic (exact) mass is 160 g/mol. The number of phenols is 1. The van der Waals surface area contributed by atoms with Crippen molar-refractivity contribution < 1.29 is 5.11 Å². The number of fused-ring (bicyclic) bond motifs is 1. The molecule has 0 aliphatic carbocycles. The van der Waals surface area contributed by atoms with Crippen molar-refractivity contribution >= 4 is 10.9 Å². The second-order valence-corrected chi connectivity index (χ2v) is 2.73. The molecule has 2 aromatic rings. The van der Waals surface area contributed by atoms with Crippen LogP contribution in [-0.4, -0.2) is 15.3 Å². The van der Waals surface area contributed by atoms with Crippen molar-refractivity contribution in [1.82, 2.24) is 10.2 Å². The fourth-order valence-electron chi connectivity index (χ4n) is 1.13. The van der Waals surface area contributed by atoms with E-state index in [9.17, 15) is 5.11 Å². The van der Waals surface area contributed by atoms with Crippen LogP contribution in [0.5, 0.6) is 5.75 Å². The van der Waals surface area contributed by atoms with E-state index in [0.29, 0.717) is 5.75 Å². The predicted octanol–water partition coefficient (Wildman–Crippen LogP) is 1.64. The third-order valence-electron chi connectivity index (χ3n) is 1.83. The van der Waals surface area contributed by atoms with Crippen molar-refractivity contribution in [2.75, 3.05) is 0 Å². The molecule has 60 valence electrons. The Morgan fingerprint density at radius 3 is 3.00 bits per heavy atom. The molecule has 1 aromatic heterocycles. The number of rotatable bonds is 0. The van der Waals surface area contributed by atoms with Crippen molar-refractivity contribution in [2.45, 2.75) is 6.92 Å². The van der Waals surface area contributed by atoms with Gasteiger partial charge in [-0.1, -0.05) is 0 Å². The number of hydrogen-bond donors (Lipinski definition) is 1. The molecule has 0 fully saturated rings. The summed E-state index contributed by atoms with van der Waals surface area (Å²) >= 11 is 0. The quantitative estimate of drug-likeness (QED) is 0.637. The lowest BCUT2D eigenvalue weighted by Crippen LogP contribution is -1.83. The first kappa shape index (κ1) is 7.03. The normalized spacial score (nSPS) is 10.4. The Bertz CT molecular complexity index is 385. The molecule has 1 aromatic carbocycles. The maximum Gasteiger partial charge on any atom is 0.119 e. The van der Waals surface area contributed by atoms with Gasteiger partial charge in [-0.3, -0.25) is 0 Å². The summed E-state index contributed by atoms with van der Waals surface area (Å²) in [5.74, 6) is 0.301. The number of hydrogen-bond acceptors (Lipinski definition) is 3. The van der Waals surface area contributed by atoms with Gasteiger partial charge in [0, 0.05) is 5.39 Å². The Morgan fingerprint density at radius 1 is 1.33 bits per heavy atom. The summed E-state index contributed by atoms with van der Waals surface area (Å²) in [6.45, 7) is 1.84. The number of aromatic hydroxyl groups is 1. The van der Waals surface area contributed by atoms with Gasteiger partial charge in [-0.25, -0.2) is 0 Å². The van der Waals surface area contributed by atoms with Crippen molar-refractivity contribution in [3.8, 4) is 5.75 Å². The summed E-state index contributed by atoms with van der Waals surface area (Å²) in [5, 5.41) is 18.0. The molecular formula is C9H8N2O. The van der Waals surface area contributed by atoms with E-state index in [-0.39, 0.29) is 0 Å². The topological polar surface area (TPSA) is 46.0 Å². The molecule has 0 unspecified atom stereocenters. The lowest BCUT2D eigenvalue weighted by atomic mass is 10.1. The Morgan fingerprint density at radius 2 is 2.17 bits per heavy atom. The van der Waals surface area contributed by atoms with Crippen LogP contribution in [0.4, 0.5) is 0 Å². The lowest BCUT2D eigenvalue weighted by molar-refractivity contribution is 0.472. The fraction of sp³-hybridized carbons (Fsp3) is 0.111. The highest BCUT2D eigenvalue weighted by atomic mass is 16.3.